The summed E-state index contributed by atoms with van der Waals surface area (Å²) in [6.07, 6.45) is 0.972. The molecule has 0 saturated heterocycles. The molecule has 328 valence electrons. The maximum Gasteiger partial charge on any atom is 0.335 e. The van der Waals surface area contributed by atoms with Gasteiger partial charge in [-0.15, -0.1) is 0 Å². The molecule has 6 N–H and O–H groups in total. The third-order valence-corrected chi connectivity index (χ3v) is 10.3. The molecule has 0 bridgehead atoms. The minimum atomic E-state index is -1.05. The van der Waals surface area contributed by atoms with Gasteiger partial charge in [0.15, 0.2) is 0 Å². The number of hydrogen-bond donors (Lipinski definition) is 6. The fraction of sp³-hybridized carbons (Fsp3) is 0.125. The molecule has 0 unspecified atom stereocenters. The van der Waals surface area contributed by atoms with Crippen LogP contribution in [0.4, 0.5) is 5.69 Å². The summed E-state index contributed by atoms with van der Waals surface area (Å²) < 4.78 is 3.38. The van der Waals surface area contributed by atoms with Crippen molar-refractivity contribution in [1.29, 1.82) is 0 Å². The highest BCUT2D eigenvalue weighted by Gasteiger charge is 2.19. The summed E-state index contributed by atoms with van der Waals surface area (Å²) in [6.45, 7) is 0.803. The summed E-state index contributed by atoms with van der Waals surface area (Å²) in [6, 6.07) is 38.8. The van der Waals surface area contributed by atoms with Gasteiger partial charge in [-0.05, 0) is 97.8 Å². The number of benzene rings is 6. The molecule has 0 spiro atoms. The van der Waals surface area contributed by atoms with Gasteiger partial charge in [-0.3, -0.25) is 19.7 Å². The van der Waals surface area contributed by atoms with E-state index in [2.05, 4.69) is 15.7 Å². The number of para-hydroxylation sites is 1. The number of carboxylic acid groups (broad SMARTS) is 2. The number of aliphatic hydroxyl groups is 2. The molecule has 0 saturated carbocycles. The average molecular weight is 876 g/mol. The number of carbonyl (C=O) groups is 4. The van der Waals surface area contributed by atoms with E-state index in [1.807, 2.05) is 36.4 Å². The Morgan fingerprint density at radius 2 is 0.954 bits per heavy atom. The first-order chi connectivity index (χ1) is 31.5. The van der Waals surface area contributed by atoms with E-state index in [1.165, 1.54) is 24.3 Å². The third-order valence-electron chi connectivity index (χ3n) is 10.3. The maximum atomic E-state index is 12.2. The highest BCUT2D eigenvalue weighted by molar-refractivity contribution is 5.99. The van der Waals surface area contributed by atoms with Crippen LogP contribution in [-0.2, 0) is 0 Å². The van der Waals surface area contributed by atoms with Gasteiger partial charge in [0.25, 0.3) is 17.5 Å². The molecule has 0 aliphatic carbocycles. The van der Waals surface area contributed by atoms with E-state index in [0.29, 0.717) is 64.9 Å². The number of carboxylic acids is 2. The number of fused-ring (bicyclic) bond motifs is 2. The van der Waals surface area contributed by atoms with E-state index in [4.69, 9.17) is 25.5 Å². The smallest absolute Gasteiger partial charge is 0.335 e. The van der Waals surface area contributed by atoms with Crippen molar-refractivity contribution in [2.75, 3.05) is 26.3 Å². The Balaban J connectivity index is 0.000000195. The van der Waals surface area contributed by atoms with E-state index >= 15 is 0 Å². The molecule has 8 aromatic rings. The average Bonchev–Trinajstić information content (AvgIpc) is 3.91. The Labute approximate surface area is 370 Å². The van der Waals surface area contributed by atoms with Gasteiger partial charge in [0, 0.05) is 71.5 Å². The van der Waals surface area contributed by atoms with E-state index < -0.39 is 16.9 Å². The number of nitrogens with one attached hydrogen (secondary N) is 2. The first-order valence-corrected chi connectivity index (χ1v) is 20.3. The lowest BCUT2D eigenvalue weighted by atomic mass is 10.0. The second-order valence-electron chi connectivity index (χ2n) is 14.5. The van der Waals surface area contributed by atoms with E-state index in [1.54, 1.807) is 88.2 Å². The third kappa shape index (κ3) is 10.1. The summed E-state index contributed by atoms with van der Waals surface area (Å²) in [5.41, 5.74) is 6.84. The van der Waals surface area contributed by atoms with Crippen molar-refractivity contribution in [2.24, 2.45) is 0 Å². The topological polar surface area (TPSA) is 252 Å². The number of rotatable bonds is 15. The van der Waals surface area contributed by atoms with E-state index in [9.17, 15) is 29.3 Å². The molecular formula is C48H41N7O10. The predicted molar refractivity (Wildman–Crippen MR) is 242 cm³/mol. The second kappa shape index (κ2) is 20.1. The molecule has 0 aliphatic rings. The first kappa shape index (κ1) is 44.5. The second-order valence-corrected chi connectivity index (χ2v) is 14.5. The minimum absolute atomic E-state index is 0.0138. The number of carbonyl (C=O) groups excluding carboxylic acids is 2. The Bertz CT molecular complexity index is 3020. The van der Waals surface area contributed by atoms with Crippen LogP contribution in [0, 0.1) is 10.1 Å². The van der Waals surface area contributed by atoms with Crippen LogP contribution in [0.15, 0.2) is 140 Å². The molecular weight excluding hydrogens is 835 g/mol. The summed E-state index contributed by atoms with van der Waals surface area (Å²) in [5.74, 6) is -2.48. The summed E-state index contributed by atoms with van der Waals surface area (Å²) in [5, 5.41) is 63.7. The molecule has 8 rings (SSSR count). The van der Waals surface area contributed by atoms with Crippen LogP contribution in [0.1, 0.15) is 54.3 Å². The molecule has 6 aromatic carbocycles. The van der Waals surface area contributed by atoms with Gasteiger partial charge in [0.2, 0.25) is 0 Å². The molecule has 2 heterocycles. The lowest BCUT2D eigenvalue weighted by molar-refractivity contribution is -0.384. The van der Waals surface area contributed by atoms with Gasteiger partial charge >= 0.3 is 11.9 Å². The summed E-state index contributed by atoms with van der Waals surface area (Å²) >= 11 is 0. The van der Waals surface area contributed by atoms with Crippen molar-refractivity contribution >= 4 is 51.2 Å². The van der Waals surface area contributed by atoms with Crippen LogP contribution in [0.2, 0.25) is 0 Å². The molecule has 17 nitrogen and oxygen atoms in total. The number of hydrogen-bond acceptors (Lipinski definition) is 10. The van der Waals surface area contributed by atoms with Gasteiger partial charge in [-0.2, -0.15) is 10.2 Å². The van der Waals surface area contributed by atoms with Crippen LogP contribution < -0.4 is 10.6 Å². The molecule has 17 heteroatoms. The number of aromatic carboxylic acids is 2. The summed E-state index contributed by atoms with van der Waals surface area (Å²) in [7, 11) is 0. The lowest BCUT2D eigenvalue weighted by Crippen LogP contribution is -2.24. The number of nitro groups is 1. The monoisotopic (exact) mass is 875 g/mol. The lowest BCUT2D eigenvalue weighted by Gasteiger charge is -2.05. The standard InChI is InChI=1S/C24H20N4O6.C24H21N3O4/c29-13-1-12-25-23(30)16-4-2-15(3-5-16)22-20-14-19(28(33)34)10-11-21(20)27(26-22)18-8-6-17(7-9-18)24(31)32;28-15-3-14-25-23(29)17-8-6-16(7-9-17)22-20-4-1-2-5-21(20)27(26-22)19-12-10-18(11-13-19)24(30)31/h2-11,14,29H,1,12-13H2,(H,25,30)(H,31,32);1-2,4-13,28H,3,14-15H2,(H,25,29)(H,30,31). The van der Waals surface area contributed by atoms with Crippen molar-refractivity contribution in [3.63, 3.8) is 0 Å². The van der Waals surface area contributed by atoms with Crippen molar-refractivity contribution < 1.29 is 44.5 Å². The highest BCUT2D eigenvalue weighted by Crippen LogP contribution is 2.33. The van der Waals surface area contributed by atoms with Crippen LogP contribution in [-0.4, -0.2) is 95.0 Å². The number of nitrogens with zero attached hydrogens (tertiary/aromatic N) is 5. The largest absolute Gasteiger partial charge is 0.478 e. The molecule has 0 radical (unpaired) electrons. The Hall–Kier alpha value is -8.54. The predicted octanol–water partition coefficient (Wildman–Crippen LogP) is 6.91. The zero-order valence-corrected chi connectivity index (χ0v) is 34.5. The maximum absolute atomic E-state index is 12.2. The Morgan fingerprint density at radius 3 is 1.38 bits per heavy atom. The van der Waals surface area contributed by atoms with E-state index in [-0.39, 0.29) is 41.8 Å². The normalized spacial score (nSPS) is 10.9. The zero-order valence-electron chi connectivity index (χ0n) is 34.5. The van der Waals surface area contributed by atoms with Gasteiger partial charge in [-0.1, -0.05) is 42.5 Å². The molecule has 0 atom stereocenters. The van der Waals surface area contributed by atoms with Crippen molar-refractivity contribution in [3.8, 4) is 33.9 Å². The fourth-order valence-electron chi connectivity index (χ4n) is 6.92. The van der Waals surface area contributed by atoms with E-state index in [0.717, 1.165) is 27.8 Å². The van der Waals surface area contributed by atoms with Gasteiger partial charge in [0.05, 0.1) is 38.5 Å². The Kier molecular flexibility index (Phi) is 13.8. The van der Waals surface area contributed by atoms with Crippen LogP contribution >= 0.6 is 0 Å². The zero-order chi connectivity index (χ0) is 46.0. The van der Waals surface area contributed by atoms with Crippen molar-refractivity contribution in [3.05, 3.63) is 172 Å². The highest BCUT2D eigenvalue weighted by atomic mass is 16.6. The van der Waals surface area contributed by atoms with Crippen LogP contribution in [0.25, 0.3) is 55.7 Å². The molecule has 2 aromatic heterocycles. The quantitative estimate of drug-likeness (QED) is 0.0349. The molecule has 2 amide bonds. The minimum Gasteiger partial charge on any atom is -0.478 e. The number of non-ortho nitro benzene ring substituents is 1. The molecule has 0 fully saturated rings. The number of aromatic nitrogens is 4. The fourth-order valence-corrected chi connectivity index (χ4v) is 6.92. The number of amides is 2. The van der Waals surface area contributed by atoms with Crippen molar-refractivity contribution in [1.82, 2.24) is 30.2 Å². The van der Waals surface area contributed by atoms with Gasteiger partial charge in [0.1, 0.15) is 11.4 Å². The summed E-state index contributed by atoms with van der Waals surface area (Å²) in [4.78, 5) is 57.6. The first-order valence-electron chi connectivity index (χ1n) is 20.3. The molecule has 65 heavy (non-hydrogen) atoms. The Morgan fingerprint density at radius 1 is 0.538 bits per heavy atom. The number of nitro benzene ring substituents is 1. The number of aliphatic hydroxyl groups excluding tert-OH is 2. The van der Waals surface area contributed by atoms with Gasteiger partial charge in [-0.25, -0.2) is 19.0 Å². The van der Waals surface area contributed by atoms with Crippen LogP contribution in [0.5, 0.6) is 0 Å². The SMILES string of the molecule is O=C(O)c1ccc(-n2nc(-c3ccc(C(=O)NCCCO)cc3)c3cc([N+](=O)[O-])ccc32)cc1.O=C(O)c1ccc(-n2nc(-c3ccc(C(=O)NCCCO)cc3)c3ccccc32)cc1. The van der Waals surface area contributed by atoms with Gasteiger partial charge < -0.3 is 31.1 Å². The molecule has 0 aliphatic heterocycles. The van der Waals surface area contributed by atoms with Crippen LogP contribution in [0.3, 0.4) is 0 Å². The van der Waals surface area contributed by atoms with Crippen molar-refractivity contribution in [2.45, 2.75) is 12.8 Å².